The van der Waals surface area contributed by atoms with E-state index in [2.05, 4.69) is 9.97 Å². The van der Waals surface area contributed by atoms with Gasteiger partial charge in [0.25, 0.3) is 5.56 Å². The van der Waals surface area contributed by atoms with Gasteiger partial charge in [-0.1, -0.05) is 42.5 Å². The van der Waals surface area contributed by atoms with Crippen molar-refractivity contribution in [3.05, 3.63) is 64.1 Å². The Morgan fingerprint density at radius 2 is 1.91 bits per heavy atom. The molecule has 0 saturated carbocycles. The Bertz CT molecular complexity index is 923. The summed E-state index contributed by atoms with van der Waals surface area (Å²) in [6.45, 7) is 1.65. The summed E-state index contributed by atoms with van der Waals surface area (Å²) < 4.78 is 0. The summed E-state index contributed by atoms with van der Waals surface area (Å²) >= 11 is 0. The largest absolute Gasteiger partial charge is 0.481 e. The highest BCUT2D eigenvalue weighted by molar-refractivity contribution is 5.95. The molecule has 0 aliphatic carbocycles. The van der Waals surface area contributed by atoms with Gasteiger partial charge < -0.3 is 10.1 Å². The molecule has 0 radical (unpaired) electrons. The zero-order chi connectivity index (χ0) is 15.7. The average molecular weight is 294 g/mol. The second-order valence-corrected chi connectivity index (χ2v) is 5.08. The number of aryl methyl sites for hydroxylation is 1. The van der Waals surface area contributed by atoms with Crippen molar-refractivity contribution in [1.29, 1.82) is 0 Å². The molecule has 22 heavy (non-hydrogen) atoms. The highest BCUT2D eigenvalue weighted by atomic mass is 16.4. The summed E-state index contributed by atoms with van der Waals surface area (Å²) in [7, 11) is 0. The number of carbonyl (C=O) groups is 1. The van der Waals surface area contributed by atoms with Gasteiger partial charge in [-0.05, 0) is 17.7 Å². The molecule has 5 nitrogen and oxygen atoms in total. The van der Waals surface area contributed by atoms with Gasteiger partial charge >= 0.3 is 5.97 Å². The first-order valence-corrected chi connectivity index (χ1v) is 6.86. The fraction of sp³-hybridized carbons (Fsp3) is 0.118. The molecule has 3 aromatic rings. The highest BCUT2D eigenvalue weighted by Crippen LogP contribution is 2.25. The van der Waals surface area contributed by atoms with Gasteiger partial charge in [0, 0.05) is 16.8 Å². The minimum atomic E-state index is -1.05. The molecular weight excluding hydrogens is 280 g/mol. The summed E-state index contributed by atoms with van der Waals surface area (Å²) in [5.74, 6) is -0.596. The Morgan fingerprint density at radius 3 is 2.64 bits per heavy atom. The maximum Gasteiger partial charge on any atom is 0.308 e. The Labute approximate surface area is 126 Å². The molecule has 110 valence electrons. The molecule has 1 aromatic heterocycles. The lowest BCUT2D eigenvalue weighted by molar-refractivity contribution is -0.136. The summed E-state index contributed by atoms with van der Waals surface area (Å²) in [6, 6.07) is 13.6. The first kappa shape index (κ1) is 14.0. The van der Waals surface area contributed by atoms with E-state index >= 15 is 0 Å². The second kappa shape index (κ2) is 5.44. The third-order valence-corrected chi connectivity index (χ3v) is 3.60. The van der Waals surface area contributed by atoms with Crippen LogP contribution < -0.4 is 5.56 Å². The normalized spacial score (nSPS) is 10.8. The van der Waals surface area contributed by atoms with Gasteiger partial charge in [-0.25, -0.2) is 4.98 Å². The standard InChI is InChI=1S/C17H14N2O3/c1-10-14(9-15(20)21)17(22)19-16(18-10)13-8-4-6-11-5-2-3-7-12(11)13/h2-8H,9H2,1H3,(H,20,21)(H,18,19,22). The van der Waals surface area contributed by atoms with Gasteiger partial charge in [-0.3, -0.25) is 9.59 Å². The summed E-state index contributed by atoms with van der Waals surface area (Å²) in [4.78, 5) is 30.1. The minimum absolute atomic E-state index is 0.191. The van der Waals surface area contributed by atoms with Crippen LogP contribution in [0.15, 0.2) is 47.3 Å². The number of fused-ring (bicyclic) bond motifs is 1. The van der Waals surface area contributed by atoms with Crippen molar-refractivity contribution in [2.24, 2.45) is 0 Å². The van der Waals surface area contributed by atoms with Crippen molar-refractivity contribution < 1.29 is 9.90 Å². The molecule has 1 heterocycles. The number of nitrogens with zero attached hydrogens (tertiary/aromatic N) is 1. The number of carboxylic acid groups (broad SMARTS) is 1. The zero-order valence-corrected chi connectivity index (χ0v) is 12.0. The number of hydrogen-bond donors (Lipinski definition) is 2. The third-order valence-electron chi connectivity index (χ3n) is 3.60. The lowest BCUT2D eigenvalue weighted by atomic mass is 10.0. The number of aliphatic carboxylic acids is 1. The number of nitrogens with one attached hydrogen (secondary N) is 1. The van der Waals surface area contributed by atoms with E-state index in [0.717, 1.165) is 16.3 Å². The highest BCUT2D eigenvalue weighted by Gasteiger charge is 2.13. The molecule has 0 saturated heterocycles. The van der Waals surface area contributed by atoms with E-state index in [-0.39, 0.29) is 12.0 Å². The van der Waals surface area contributed by atoms with Crippen LogP contribution in [0.4, 0.5) is 0 Å². The summed E-state index contributed by atoms with van der Waals surface area (Å²) in [5.41, 5.74) is 1.04. The number of hydrogen-bond acceptors (Lipinski definition) is 3. The molecule has 0 fully saturated rings. The van der Waals surface area contributed by atoms with Crippen molar-refractivity contribution in [3.8, 4) is 11.4 Å². The van der Waals surface area contributed by atoms with Crippen LogP contribution in [0.2, 0.25) is 0 Å². The molecule has 0 aliphatic rings. The van der Waals surface area contributed by atoms with Crippen LogP contribution in [0.5, 0.6) is 0 Å². The van der Waals surface area contributed by atoms with Crippen molar-refractivity contribution in [1.82, 2.24) is 9.97 Å². The second-order valence-electron chi connectivity index (χ2n) is 5.08. The maximum absolute atomic E-state index is 12.1. The van der Waals surface area contributed by atoms with Crippen LogP contribution in [-0.4, -0.2) is 21.0 Å². The first-order valence-electron chi connectivity index (χ1n) is 6.86. The number of benzene rings is 2. The Hall–Kier alpha value is -2.95. The monoisotopic (exact) mass is 294 g/mol. The van der Waals surface area contributed by atoms with Crippen LogP contribution >= 0.6 is 0 Å². The molecule has 0 bridgehead atoms. The zero-order valence-electron chi connectivity index (χ0n) is 12.0. The van der Waals surface area contributed by atoms with Gasteiger partial charge in [0.2, 0.25) is 0 Å². The lowest BCUT2D eigenvalue weighted by Gasteiger charge is -2.08. The fourth-order valence-electron chi connectivity index (χ4n) is 2.53. The number of aromatic nitrogens is 2. The van der Waals surface area contributed by atoms with E-state index in [1.807, 2.05) is 42.5 Å². The number of H-pyrrole nitrogens is 1. The molecule has 2 N–H and O–H groups in total. The summed E-state index contributed by atoms with van der Waals surface area (Å²) in [6.07, 6.45) is -0.329. The fourth-order valence-corrected chi connectivity index (χ4v) is 2.53. The Morgan fingerprint density at radius 1 is 1.18 bits per heavy atom. The van der Waals surface area contributed by atoms with Gasteiger partial charge in [0.15, 0.2) is 0 Å². The van der Waals surface area contributed by atoms with Crippen molar-refractivity contribution in [2.45, 2.75) is 13.3 Å². The maximum atomic E-state index is 12.1. The van der Waals surface area contributed by atoms with E-state index in [1.165, 1.54) is 0 Å². The molecule has 3 rings (SSSR count). The van der Waals surface area contributed by atoms with E-state index in [4.69, 9.17) is 5.11 Å². The predicted molar refractivity (Wildman–Crippen MR) is 83.9 cm³/mol. The molecule has 0 unspecified atom stereocenters. The molecule has 2 aromatic carbocycles. The van der Waals surface area contributed by atoms with Gasteiger partial charge in [-0.15, -0.1) is 0 Å². The van der Waals surface area contributed by atoms with Gasteiger partial charge in [0.1, 0.15) is 5.82 Å². The SMILES string of the molecule is Cc1nc(-c2cccc3ccccc23)[nH]c(=O)c1CC(=O)O. The number of aromatic amines is 1. The van der Waals surface area contributed by atoms with Gasteiger partial charge in [0.05, 0.1) is 6.42 Å². The molecule has 0 amide bonds. The first-order chi connectivity index (χ1) is 10.6. The Balaban J connectivity index is 2.20. The number of carboxylic acids is 1. The average Bonchev–Trinajstić information content (AvgIpc) is 2.50. The topological polar surface area (TPSA) is 83.0 Å². The van der Waals surface area contributed by atoms with Crippen LogP contribution in [0, 0.1) is 6.92 Å². The van der Waals surface area contributed by atoms with Crippen LogP contribution in [0.3, 0.4) is 0 Å². The minimum Gasteiger partial charge on any atom is -0.481 e. The van der Waals surface area contributed by atoms with Crippen molar-refractivity contribution in [2.75, 3.05) is 0 Å². The Kier molecular flexibility index (Phi) is 3.47. The smallest absolute Gasteiger partial charge is 0.308 e. The third kappa shape index (κ3) is 2.48. The molecule has 0 spiro atoms. The van der Waals surface area contributed by atoms with Gasteiger partial charge in [-0.2, -0.15) is 0 Å². The van der Waals surface area contributed by atoms with E-state index < -0.39 is 11.5 Å². The molecule has 0 atom stereocenters. The molecular formula is C17H14N2O3. The van der Waals surface area contributed by atoms with Crippen LogP contribution in [0.1, 0.15) is 11.3 Å². The lowest BCUT2D eigenvalue weighted by Crippen LogP contribution is -2.20. The van der Waals surface area contributed by atoms with Crippen molar-refractivity contribution in [3.63, 3.8) is 0 Å². The quantitative estimate of drug-likeness (QED) is 0.777. The molecule has 0 aliphatic heterocycles. The summed E-state index contributed by atoms with van der Waals surface area (Å²) in [5, 5.41) is 10.9. The van der Waals surface area contributed by atoms with E-state index in [9.17, 15) is 9.59 Å². The predicted octanol–water partition coefficient (Wildman–Crippen LogP) is 2.53. The number of rotatable bonds is 3. The van der Waals surface area contributed by atoms with Crippen LogP contribution in [0.25, 0.3) is 22.2 Å². The molecule has 5 heteroatoms. The van der Waals surface area contributed by atoms with E-state index in [0.29, 0.717) is 11.5 Å². The van der Waals surface area contributed by atoms with Crippen molar-refractivity contribution >= 4 is 16.7 Å². The van der Waals surface area contributed by atoms with Crippen LogP contribution in [-0.2, 0) is 11.2 Å². The van der Waals surface area contributed by atoms with E-state index in [1.54, 1.807) is 6.92 Å².